The van der Waals surface area contributed by atoms with Gasteiger partial charge in [0.05, 0.1) is 18.1 Å². The van der Waals surface area contributed by atoms with Crippen LogP contribution in [0.2, 0.25) is 0 Å². The zero-order valence-corrected chi connectivity index (χ0v) is 12.7. The summed E-state index contributed by atoms with van der Waals surface area (Å²) in [5, 5.41) is 3.07. The third-order valence-electron chi connectivity index (χ3n) is 3.16. The van der Waals surface area contributed by atoms with E-state index in [9.17, 15) is 8.42 Å². The van der Waals surface area contributed by atoms with Crippen molar-refractivity contribution in [1.29, 1.82) is 0 Å². The fraction of sp³-hybridized carbons (Fsp3) is 0.571. The van der Waals surface area contributed by atoms with Crippen LogP contribution in [0.1, 0.15) is 24.1 Å². The number of sulfone groups is 1. The molecule has 0 fully saturated rings. The average molecular weight is 285 g/mol. The molecule has 0 spiro atoms. The number of methoxy groups -OCH3 is 1. The predicted molar refractivity (Wildman–Crippen MR) is 78.2 cm³/mol. The fourth-order valence-corrected chi connectivity index (χ4v) is 3.33. The Morgan fingerprint density at radius 3 is 2.37 bits per heavy atom. The first-order chi connectivity index (χ1) is 9.02. The molecule has 1 atom stereocenters. The Hall–Kier alpha value is -0.910. The Kier molecular flexibility index (Phi) is 6.48. The van der Waals surface area contributed by atoms with Crippen molar-refractivity contribution in [2.75, 3.05) is 32.3 Å². The van der Waals surface area contributed by atoms with Crippen LogP contribution < -0.4 is 5.32 Å². The molecule has 0 aliphatic carbocycles. The summed E-state index contributed by atoms with van der Waals surface area (Å²) >= 11 is 0. The quantitative estimate of drug-likeness (QED) is 0.788. The lowest BCUT2D eigenvalue weighted by Crippen LogP contribution is -2.27. The smallest absolute Gasteiger partial charge is 0.154 e. The number of nitrogens with one attached hydrogen (secondary N) is 1. The molecule has 0 heterocycles. The summed E-state index contributed by atoms with van der Waals surface area (Å²) in [4.78, 5) is 0. The van der Waals surface area contributed by atoms with Crippen LogP contribution in [0, 0.1) is 0 Å². The van der Waals surface area contributed by atoms with Gasteiger partial charge in [-0.1, -0.05) is 31.2 Å². The lowest BCUT2D eigenvalue weighted by Gasteiger charge is -2.17. The number of aryl methyl sites for hydroxylation is 1. The summed E-state index contributed by atoms with van der Waals surface area (Å²) in [6.45, 7) is 2.34. The van der Waals surface area contributed by atoms with E-state index in [4.69, 9.17) is 4.74 Å². The van der Waals surface area contributed by atoms with Gasteiger partial charge in [0.2, 0.25) is 0 Å². The van der Waals surface area contributed by atoms with E-state index in [1.54, 1.807) is 7.05 Å². The fourth-order valence-electron chi connectivity index (χ4n) is 1.88. The number of hydrogen-bond acceptors (Lipinski definition) is 4. The Morgan fingerprint density at radius 2 is 1.89 bits per heavy atom. The Labute approximate surface area is 116 Å². The van der Waals surface area contributed by atoms with Crippen LogP contribution in [0.15, 0.2) is 24.3 Å². The maximum Gasteiger partial charge on any atom is 0.154 e. The lowest BCUT2D eigenvalue weighted by atomic mass is 10.1. The second kappa shape index (κ2) is 7.62. The van der Waals surface area contributed by atoms with Gasteiger partial charge in [0.1, 0.15) is 0 Å². The highest BCUT2D eigenvalue weighted by atomic mass is 32.2. The zero-order chi connectivity index (χ0) is 14.3. The van der Waals surface area contributed by atoms with Gasteiger partial charge in [-0.25, -0.2) is 8.42 Å². The lowest BCUT2D eigenvalue weighted by molar-refractivity contribution is 0.217. The number of rotatable bonds is 8. The zero-order valence-electron chi connectivity index (χ0n) is 11.8. The van der Waals surface area contributed by atoms with Crippen molar-refractivity contribution < 1.29 is 13.2 Å². The molecule has 1 N–H and O–H groups in total. The topological polar surface area (TPSA) is 55.4 Å². The molecule has 5 heteroatoms. The molecule has 0 saturated carbocycles. The second-order valence-electron chi connectivity index (χ2n) is 4.54. The maximum absolute atomic E-state index is 11.9. The Morgan fingerprint density at radius 1 is 1.26 bits per heavy atom. The molecule has 1 unspecified atom stereocenters. The maximum atomic E-state index is 11.9. The van der Waals surface area contributed by atoms with Gasteiger partial charge >= 0.3 is 0 Å². The van der Waals surface area contributed by atoms with E-state index in [-0.39, 0.29) is 24.2 Å². The molecule has 0 bridgehead atoms. The first-order valence-electron chi connectivity index (χ1n) is 6.48. The van der Waals surface area contributed by atoms with Crippen molar-refractivity contribution in [3.63, 3.8) is 0 Å². The molecule has 1 rings (SSSR count). The summed E-state index contributed by atoms with van der Waals surface area (Å²) < 4.78 is 28.7. The summed E-state index contributed by atoms with van der Waals surface area (Å²) in [6.07, 6.45) is 0.983. The molecule has 4 nitrogen and oxygen atoms in total. The van der Waals surface area contributed by atoms with Gasteiger partial charge < -0.3 is 10.1 Å². The number of hydrogen-bond donors (Lipinski definition) is 1. The third kappa shape index (κ3) is 5.30. The van der Waals surface area contributed by atoms with Crippen LogP contribution in [0.3, 0.4) is 0 Å². The second-order valence-corrected chi connectivity index (χ2v) is 6.77. The van der Waals surface area contributed by atoms with Crippen molar-refractivity contribution in [3.8, 4) is 0 Å². The number of benzene rings is 1. The van der Waals surface area contributed by atoms with Crippen LogP contribution in [-0.2, 0) is 21.0 Å². The molecule has 0 aromatic heterocycles. The van der Waals surface area contributed by atoms with Crippen LogP contribution >= 0.6 is 0 Å². The van der Waals surface area contributed by atoms with E-state index in [1.165, 1.54) is 12.7 Å². The Balaban J connectivity index is 2.77. The first kappa shape index (κ1) is 16.1. The van der Waals surface area contributed by atoms with Gasteiger partial charge in [0.15, 0.2) is 9.84 Å². The minimum Gasteiger partial charge on any atom is -0.384 e. The van der Waals surface area contributed by atoms with Crippen LogP contribution in [0.4, 0.5) is 0 Å². The molecule has 1 aromatic rings. The first-order valence-corrected chi connectivity index (χ1v) is 8.30. The molecule has 19 heavy (non-hydrogen) atoms. The molecule has 0 aliphatic heterocycles. The van der Waals surface area contributed by atoms with Gasteiger partial charge in [0.25, 0.3) is 0 Å². The Bertz CT molecular complexity index is 468. The van der Waals surface area contributed by atoms with Crippen molar-refractivity contribution in [2.24, 2.45) is 0 Å². The summed E-state index contributed by atoms with van der Waals surface area (Å²) in [5.74, 6) is 0.160. The largest absolute Gasteiger partial charge is 0.384 e. The van der Waals surface area contributed by atoms with E-state index < -0.39 is 9.84 Å². The molecule has 0 amide bonds. The van der Waals surface area contributed by atoms with Gasteiger partial charge in [-0.3, -0.25) is 0 Å². The molecule has 1 aromatic carbocycles. The SMILES string of the molecule is CCc1ccc(C(CS(=O)(=O)CCOC)NC)cc1. The van der Waals surface area contributed by atoms with Gasteiger partial charge in [-0.05, 0) is 24.6 Å². The average Bonchev–Trinajstić information content (AvgIpc) is 2.43. The normalized spacial score (nSPS) is 13.4. The van der Waals surface area contributed by atoms with Crippen molar-refractivity contribution in [1.82, 2.24) is 5.32 Å². The monoisotopic (exact) mass is 285 g/mol. The molecule has 0 saturated heterocycles. The van der Waals surface area contributed by atoms with E-state index in [2.05, 4.69) is 12.2 Å². The molecule has 0 radical (unpaired) electrons. The highest BCUT2D eigenvalue weighted by Gasteiger charge is 2.19. The van der Waals surface area contributed by atoms with E-state index in [0.717, 1.165) is 12.0 Å². The highest BCUT2D eigenvalue weighted by Crippen LogP contribution is 2.16. The van der Waals surface area contributed by atoms with Gasteiger partial charge in [0, 0.05) is 13.2 Å². The predicted octanol–water partition coefficient (Wildman–Crippen LogP) is 1.57. The van der Waals surface area contributed by atoms with E-state index in [0.29, 0.717) is 0 Å². The standard InChI is InChI=1S/C14H23NO3S/c1-4-12-5-7-13(8-6-12)14(15-2)11-19(16,17)10-9-18-3/h5-8,14-15H,4,9-11H2,1-3H3. The third-order valence-corrected chi connectivity index (χ3v) is 4.79. The van der Waals surface area contributed by atoms with Crippen LogP contribution in [-0.4, -0.2) is 40.7 Å². The van der Waals surface area contributed by atoms with Gasteiger partial charge in [-0.15, -0.1) is 0 Å². The summed E-state index contributed by atoms with van der Waals surface area (Å²) in [5.41, 5.74) is 2.25. The number of ether oxygens (including phenoxy) is 1. The highest BCUT2D eigenvalue weighted by molar-refractivity contribution is 7.91. The minimum atomic E-state index is -3.11. The molecular formula is C14H23NO3S. The van der Waals surface area contributed by atoms with Crippen LogP contribution in [0.25, 0.3) is 0 Å². The van der Waals surface area contributed by atoms with E-state index in [1.807, 2.05) is 24.3 Å². The molecule has 108 valence electrons. The van der Waals surface area contributed by atoms with Crippen molar-refractivity contribution in [2.45, 2.75) is 19.4 Å². The minimum absolute atomic E-state index is 0.0642. The van der Waals surface area contributed by atoms with Crippen molar-refractivity contribution >= 4 is 9.84 Å². The molecular weight excluding hydrogens is 262 g/mol. The molecule has 0 aliphatic rings. The summed E-state index contributed by atoms with van der Waals surface area (Å²) in [6, 6.07) is 7.90. The van der Waals surface area contributed by atoms with Gasteiger partial charge in [-0.2, -0.15) is 0 Å². The van der Waals surface area contributed by atoms with E-state index >= 15 is 0 Å². The summed E-state index contributed by atoms with van der Waals surface area (Å²) in [7, 11) is 0.184. The van der Waals surface area contributed by atoms with Crippen LogP contribution in [0.5, 0.6) is 0 Å². The van der Waals surface area contributed by atoms with Crippen molar-refractivity contribution in [3.05, 3.63) is 35.4 Å².